The Morgan fingerprint density at radius 3 is 2.38 bits per heavy atom. The number of aromatic amines is 1. The second kappa shape index (κ2) is 6.77. The predicted molar refractivity (Wildman–Crippen MR) is 105 cm³/mol. The van der Waals surface area contributed by atoms with Crippen LogP contribution in [0.25, 0.3) is 22.2 Å². The summed E-state index contributed by atoms with van der Waals surface area (Å²) in [5.74, 6) is 0. The Bertz CT molecular complexity index is 1150. The Morgan fingerprint density at radius 2 is 1.76 bits per heavy atom. The van der Waals surface area contributed by atoms with Crippen LogP contribution in [0.15, 0.2) is 60.8 Å². The minimum Gasteiger partial charge on any atom is -0.376 e. The standard InChI is InChI=1S/C22H20F3N3O/c1-14-11-19(27-26-14)16-5-8-20-17(12-16)9-10-28(20)13-15-3-6-18(7-4-15)21(2,29)22(23,24)25/h3-12,29H,13H2,1-2H3,(H,26,27). The Labute approximate surface area is 165 Å². The van der Waals surface area contributed by atoms with E-state index in [1.54, 1.807) is 12.1 Å². The van der Waals surface area contributed by atoms with Crippen molar-refractivity contribution in [1.29, 1.82) is 0 Å². The normalized spacial score (nSPS) is 14.3. The summed E-state index contributed by atoms with van der Waals surface area (Å²) in [6.45, 7) is 3.23. The molecule has 0 saturated heterocycles. The van der Waals surface area contributed by atoms with Gasteiger partial charge in [-0.15, -0.1) is 0 Å². The van der Waals surface area contributed by atoms with E-state index < -0.39 is 11.8 Å². The van der Waals surface area contributed by atoms with Crippen LogP contribution in [0.1, 0.15) is 23.7 Å². The van der Waals surface area contributed by atoms with E-state index in [1.807, 2.05) is 42.0 Å². The number of aromatic nitrogens is 3. The lowest BCUT2D eigenvalue weighted by molar-refractivity contribution is -0.258. The lowest BCUT2D eigenvalue weighted by Crippen LogP contribution is -2.39. The van der Waals surface area contributed by atoms with Crippen molar-refractivity contribution in [2.75, 3.05) is 0 Å². The highest BCUT2D eigenvalue weighted by molar-refractivity contribution is 5.85. The summed E-state index contributed by atoms with van der Waals surface area (Å²) in [5.41, 5.74) is 1.70. The molecule has 4 nitrogen and oxygen atoms in total. The lowest BCUT2D eigenvalue weighted by Gasteiger charge is -2.26. The molecule has 2 N–H and O–H groups in total. The van der Waals surface area contributed by atoms with Gasteiger partial charge in [-0.05, 0) is 49.2 Å². The maximum absolute atomic E-state index is 13.0. The van der Waals surface area contributed by atoms with Crippen molar-refractivity contribution in [3.8, 4) is 11.3 Å². The zero-order valence-electron chi connectivity index (χ0n) is 16.0. The molecular formula is C22H20F3N3O. The zero-order valence-corrected chi connectivity index (χ0v) is 16.0. The third-order valence-corrected chi connectivity index (χ3v) is 5.19. The van der Waals surface area contributed by atoms with Crippen molar-refractivity contribution < 1.29 is 18.3 Å². The summed E-state index contributed by atoms with van der Waals surface area (Å²) in [7, 11) is 0. The molecule has 150 valence electrons. The van der Waals surface area contributed by atoms with E-state index in [1.165, 1.54) is 12.1 Å². The average Bonchev–Trinajstić information content (AvgIpc) is 3.27. The SMILES string of the molecule is Cc1cc(-c2ccc3c(ccn3Cc3ccc(C(C)(O)C(F)(F)F)cc3)c2)n[nH]1. The molecule has 4 aromatic rings. The summed E-state index contributed by atoms with van der Waals surface area (Å²) >= 11 is 0. The summed E-state index contributed by atoms with van der Waals surface area (Å²) < 4.78 is 41.0. The number of rotatable bonds is 4. The fourth-order valence-corrected chi connectivity index (χ4v) is 3.36. The molecule has 0 spiro atoms. The smallest absolute Gasteiger partial charge is 0.376 e. The first kappa shape index (κ1) is 19.3. The average molecular weight is 399 g/mol. The number of hydrogen-bond acceptors (Lipinski definition) is 2. The van der Waals surface area contributed by atoms with Gasteiger partial charge in [0.1, 0.15) is 0 Å². The van der Waals surface area contributed by atoms with Gasteiger partial charge in [0.2, 0.25) is 0 Å². The highest BCUT2D eigenvalue weighted by Crippen LogP contribution is 2.38. The Balaban J connectivity index is 1.58. The molecular weight excluding hydrogens is 379 g/mol. The summed E-state index contributed by atoms with van der Waals surface area (Å²) in [5, 5.41) is 18.1. The van der Waals surface area contributed by atoms with Gasteiger partial charge in [-0.3, -0.25) is 5.10 Å². The van der Waals surface area contributed by atoms with Crippen molar-refractivity contribution in [2.45, 2.75) is 32.2 Å². The van der Waals surface area contributed by atoms with Crippen LogP contribution >= 0.6 is 0 Å². The third-order valence-electron chi connectivity index (χ3n) is 5.19. The lowest BCUT2D eigenvalue weighted by atomic mass is 9.94. The minimum absolute atomic E-state index is 0.176. The van der Waals surface area contributed by atoms with E-state index in [-0.39, 0.29) is 5.56 Å². The van der Waals surface area contributed by atoms with Crippen LogP contribution in [0.4, 0.5) is 13.2 Å². The predicted octanol–water partition coefficient (Wildman–Crippen LogP) is 5.16. The molecule has 0 aliphatic rings. The number of aliphatic hydroxyl groups is 1. The number of benzene rings is 2. The van der Waals surface area contributed by atoms with Crippen LogP contribution in [-0.4, -0.2) is 26.0 Å². The molecule has 0 saturated carbocycles. The largest absolute Gasteiger partial charge is 0.421 e. The van der Waals surface area contributed by atoms with Gasteiger partial charge in [0.25, 0.3) is 0 Å². The Morgan fingerprint density at radius 1 is 1.03 bits per heavy atom. The molecule has 0 aliphatic heterocycles. The maximum atomic E-state index is 13.0. The van der Waals surface area contributed by atoms with Gasteiger partial charge in [0, 0.05) is 34.9 Å². The van der Waals surface area contributed by atoms with Crippen LogP contribution in [0, 0.1) is 6.92 Å². The van der Waals surface area contributed by atoms with Crippen molar-refractivity contribution in [3.63, 3.8) is 0 Å². The van der Waals surface area contributed by atoms with E-state index in [0.717, 1.165) is 40.3 Å². The topological polar surface area (TPSA) is 53.8 Å². The monoisotopic (exact) mass is 399 g/mol. The van der Waals surface area contributed by atoms with Gasteiger partial charge >= 0.3 is 6.18 Å². The fraction of sp³-hybridized carbons (Fsp3) is 0.227. The van der Waals surface area contributed by atoms with Crippen LogP contribution in [0.2, 0.25) is 0 Å². The van der Waals surface area contributed by atoms with Crippen molar-refractivity contribution in [2.24, 2.45) is 0 Å². The highest BCUT2D eigenvalue weighted by Gasteiger charge is 2.51. The first-order chi connectivity index (χ1) is 13.6. The van der Waals surface area contributed by atoms with Crippen LogP contribution in [0.3, 0.4) is 0 Å². The molecule has 7 heteroatoms. The van der Waals surface area contributed by atoms with Crippen molar-refractivity contribution in [1.82, 2.24) is 14.8 Å². The third kappa shape index (κ3) is 3.53. The van der Waals surface area contributed by atoms with Crippen LogP contribution in [0.5, 0.6) is 0 Å². The summed E-state index contributed by atoms with van der Waals surface area (Å²) in [6.07, 6.45) is -2.78. The number of alkyl halides is 3. The van der Waals surface area contributed by atoms with Gasteiger partial charge < -0.3 is 9.67 Å². The molecule has 2 aromatic carbocycles. The second-order valence-corrected chi connectivity index (χ2v) is 7.42. The van der Waals surface area contributed by atoms with Crippen LogP contribution in [-0.2, 0) is 12.1 Å². The van der Waals surface area contributed by atoms with E-state index in [9.17, 15) is 18.3 Å². The zero-order chi connectivity index (χ0) is 20.8. The van der Waals surface area contributed by atoms with Gasteiger partial charge in [0.05, 0.1) is 5.69 Å². The van der Waals surface area contributed by atoms with Crippen molar-refractivity contribution in [3.05, 3.63) is 77.6 Å². The number of nitrogens with zero attached hydrogens (tertiary/aromatic N) is 2. The van der Waals surface area contributed by atoms with E-state index in [4.69, 9.17) is 0 Å². The number of aryl methyl sites for hydroxylation is 1. The minimum atomic E-state index is -4.73. The number of H-pyrrole nitrogens is 1. The molecule has 29 heavy (non-hydrogen) atoms. The first-order valence-electron chi connectivity index (χ1n) is 9.15. The summed E-state index contributed by atoms with van der Waals surface area (Å²) in [6, 6.07) is 15.9. The number of hydrogen-bond donors (Lipinski definition) is 2. The van der Waals surface area contributed by atoms with Gasteiger partial charge in [-0.25, -0.2) is 0 Å². The molecule has 1 atom stereocenters. The quantitative estimate of drug-likeness (QED) is 0.498. The first-order valence-corrected chi connectivity index (χ1v) is 9.15. The van der Waals surface area contributed by atoms with Gasteiger partial charge in [-0.1, -0.05) is 30.3 Å². The molecule has 0 aliphatic carbocycles. The number of halogens is 3. The molecule has 1 unspecified atom stereocenters. The highest BCUT2D eigenvalue weighted by atomic mass is 19.4. The molecule has 2 heterocycles. The molecule has 2 aromatic heterocycles. The molecule has 4 rings (SSSR count). The fourth-order valence-electron chi connectivity index (χ4n) is 3.36. The molecule has 0 amide bonds. The van der Waals surface area contributed by atoms with E-state index in [2.05, 4.69) is 16.3 Å². The van der Waals surface area contributed by atoms with E-state index in [0.29, 0.717) is 6.54 Å². The van der Waals surface area contributed by atoms with Gasteiger partial charge in [0.15, 0.2) is 5.60 Å². The second-order valence-electron chi connectivity index (χ2n) is 7.42. The summed E-state index contributed by atoms with van der Waals surface area (Å²) in [4.78, 5) is 0. The maximum Gasteiger partial charge on any atom is 0.421 e. The Kier molecular flexibility index (Phi) is 4.50. The molecule has 0 fully saturated rings. The van der Waals surface area contributed by atoms with Crippen LogP contribution < -0.4 is 0 Å². The number of nitrogens with one attached hydrogen (secondary N) is 1. The molecule has 0 radical (unpaired) electrons. The molecule has 0 bridgehead atoms. The number of fused-ring (bicyclic) bond motifs is 1. The van der Waals surface area contributed by atoms with Crippen molar-refractivity contribution >= 4 is 10.9 Å². The van der Waals surface area contributed by atoms with E-state index >= 15 is 0 Å². The van der Waals surface area contributed by atoms with Gasteiger partial charge in [-0.2, -0.15) is 18.3 Å². The Hall–Kier alpha value is -3.06.